The first kappa shape index (κ1) is 16.5. The molecule has 6 nitrogen and oxygen atoms in total. The Morgan fingerprint density at radius 2 is 2.05 bits per heavy atom. The Morgan fingerprint density at radius 1 is 1.33 bits per heavy atom. The Bertz CT molecular complexity index is 594. The van der Waals surface area contributed by atoms with E-state index in [1.165, 1.54) is 0 Å². The molecule has 120 valence electrons. The molecule has 1 aliphatic rings. The number of likely N-dealkylation sites (tertiary alicyclic amines) is 1. The van der Waals surface area contributed by atoms with Crippen molar-refractivity contribution in [1.82, 2.24) is 9.62 Å². The number of hydrogen-bond acceptors (Lipinski definition) is 5. The van der Waals surface area contributed by atoms with Gasteiger partial charge in [-0.2, -0.15) is 0 Å². The van der Waals surface area contributed by atoms with Crippen LogP contribution in [0.1, 0.15) is 36.3 Å². The number of sulfonamides is 1. The van der Waals surface area contributed by atoms with Crippen LogP contribution in [-0.4, -0.2) is 44.6 Å². The van der Waals surface area contributed by atoms with Gasteiger partial charge in [-0.1, -0.05) is 6.42 Å². The maximum atomic E-state index is 12.5. The Morgan fingerprint density at radius 3 is 2.67 bits per heavy atom. The first-order chi connectivity index (χ1) is 9.86. The molecule has 2 heterocycles. The van der Waals surface area contributed by atoms with Gasteiger partial charge in [0, 0.05) is 18.2 Å². The molecule has 0 aliphatic carbocycles. The predicted molar refractivity (Wildman–Crippen MR) is 79.6 cm³/mol. The molecule has 1 fully saturated rings. The SMILES string of the molecule is Cc1oc(C)c(S(=O)(=O)NCC2CCCCN2C)c1CO. The van der Waals surface area contributed by atoms with E-state index in [4.69, 9.17) is 4.42 Å². The smallest absolute Gasteiger partial charge is 0.244 e. The molecule has 0 radical (unpaired) electrons. The molecule has 1 saturated heterocycles. The fourth-order valence-electron chi connectivity index (χ4n) is 2.92. The van der Waals surface area contributed by atoms with Crippen molar-refractivity contribution in [3.05, 3.63) is 17.1 Å². The number of nitrogens with zero attached hydrogens (tertiary/aromatic N) is 1. The third-order valence-electron chi connectivity index (χ3n) is 4.18. The summed E-state index contributed by atoms with van der Waals surface area (Å²) in [4.78, 5) is 2.27. The summed E-state index contributed by atoms with van der Waals surface area (Å²) >= 11 is 0. The van der Waals surface area contributed by atoms with Crippen molar-refractivity contribution in [1.29, 1.82) is 0 Å². The van der Waals surface area contributed by atoms with Crippen LogP contribution in [0.2, 0.25) is 0 Å². The Balaban J connectivity index is 2.15. The molecular weight excluding hydrogens is 292 g/mol. The largest absolute Gasteiger partial charge is 0.465 e. The van der Waals surface area contributed by atoms with Gasteiger partial charge in [-0.3, -0.25) is 0 Å². The summed E-state index contributed by atoms with van der Waals surface area (Å²) in [5, 5.41) is 9.37. The molecule has 0 aromatic carbocycles. The second-order valence-electron chi connectivity index (χ2n) is 5.66. The van der Waals surface area contributed by atoms with E-state index in [0.717, 1.165) is 25.8 Å². The fraction of sp³-hybridized carbons (Fsp3) is 0.714. The summed E-state index contributed by atoms with van der Waals surface area (Å²) < 4.78 is 33.0. The first-order valence-corrected chi connectivity index (χ1v) is 8.74. The molecule has 0 amide bonds. The minimum absolute atomic E-state index is 0.0842. The second kappa shape index (κ2) is 6.48. The standard InChI is InChI=1S/C14H24N2O4S/c1-10-13(9-17)14(11(2)20-10)21(18,19)15-8-12-6-4-5-7-16(12)3/h12,15,17H,4-9H2,1-3H3. The highest BCUT2D eigenvalue weighted by atomic mass is 32.2. The lowest BCUT2D eigenvalue weighted by molar-refractivity contribution is 0.187. The van der Waals surface area contributed by atoms with E-state index in [1.54, 1.807) is 13.8 Å². The average molecular weight is 316 g/mol. The van der Waals surface area contributed by atoms with Crippen LogP contribution in [-0.2, 0) is 16.6 Å². The molecule has 0 saturated carbocycles. The quantitative estimate of drug-likeness (QED) is 0.851. The molecule has 7 heteroatoms. The molecule has 1 unspecified atom stereocenters. The van der Waals surface area contributed by atoms with E-state index in [0.29, 0.717) is 23.6 Å². The van der Waals surface area contributed by atoms with E-state index >= 15 is 0 Å². The zero-order valence-corrected chi connectivity index (χ0v) is 13.7. The lowest BCUT2D eigenvalue weighted by Gasteiger charge is -2.32. The van der Waals surface area contributed by atoms with Gasteiger partial charge in [-0.05, 0) is 40.3 Å². The summed E-state index contributed by atoms with van der Waals surface area (Å²) in [7, 11) is -1.65. The summed E-state index contributed by atoms with van der Waals surface area (Å²) in [6, 6.07) is 0.222. The average Bonchev–Trinajstić information content (AvgIpc) is 2.72. The van der Waals surface area contributed by atoms with Crippen LogP contribution in [0.4, 0.5) is 0 Å². The number of nitrogens with one attached hydrogen (secondary N) is 1. The van der Waals surface area contributed by atoms with Crippen molar-refractivity contribution in [2.24, 2.45) is 0 Å². The fourth-order valence-corrected chi connectivity index (χ4v) is 4.43. The molecular formula is C14H24N2O4S. The number of furan rings is 1. The van der Waals surface area contributed by atoms with Gasteiger partial charge in [0.15, 0.2) is 0 Å². The Hall–Kier alpha value is -0.890. The van der Waals surface area contributed by atoms with Crippen molar-refractivity contribution in [3.8, 4) is 0 Å². The van der Waals surface area contributed by atoms with Gasteiger partial charge in [0.1, 0.15) is 16.4 Å². The number of likely N-dealkylation sites (N-methyl/N-ethyl adjacent to an activating group) is 1. The van der Waals surface area contributed by atoms with Crippen LogP contribution in [0.5, 0.6) is 0 Å². The van der Waals surface area contributed by atoms with Gasteiger partial charge >= 0.3 is 0 Å². The zero-order chi connectivity index (χ0) is 15.6. The normalized spacial score (nSPS) is 20.9. The zero-order valence-electron chi connectivity index (χ0n) is 12.8. The lowest BCUT2D eigenvalue weighted by Crippen LogP contribution is -2.44. The van der Waals surface area contributed by atoms with Crippen LogP contribution in [0, 0.1) is 13.8 Å². The summed E-state index contributed by atoms with van der Waals surface area (Å²) in [6.45, 7) is 4.30. The number of hydrogen-bond donors (Lipinski definition) is 2. The summed E-state index contributed by atoms with van der Waals surface area (Å²) in [5.41, 5.74) is 0.344. The second-order valence-corrected chi connectivity index (χ2v) is 7.37. The summed E-state index contributed by atoms with van der Waals surface area (Å²) in [6.07, 6.45) is 3.28. The molecule has 1 aromatic rings. The minimum Gasteiger partial charge on any atom is -0.465 e. The monoisotopic (exact) mass is 316 g/mol. The van der Waals surface area contributed by atoms with Gasteiger partial charge in [0.05, 0.1) is 6.61 Å². The van der Waals surface area contributed by atoms with Crippen LogP contribution in [0.15, 0.2) is 9.31 Å². The van der Waals surface area contributed by atoms with Crippen molar-refractivity contribution < 1.29 is 17.9 Å². The maximum absolute atomic E-state index is 12.5. The van der Waals surface area contributed by atoms with Crippen LogP contribution in [0.3, 0.4) is 0 Å². The summed E-state index contributed by atoms with van der Waals surface area (Å²) in [5.74, 6) is 0.770. The molecule has 2 rings (SSSR count). The number of piperidine rings is 1. The van der Waals surface area contributed by atoms with Crippen molar-refractivity contribution >= 4 is 10.0 Å². The van der Waals surface area contributed by atoms with E-state index < -0.39 is 10.0 Å². The number of rotatable bonds is 5. The topological polar surface area (TPSA) is 82.8 Å². The van der Waals surface area contributed by atoms with Gasteiger partial charge in [0.25, 0.3) is 0 Å². The highest BCUT2D eigenvalue weighted by Gasteiger charge is 2.28. The minimum atomic E-state index is -3.67. The molecule has 2 N–H and O–H groups in total. The first-order valence-electron chi connectivity index (χ1n) is 7.26. The van der Waals surface area contributed by atoms with Crippen molar-refractivity contribution in [2.75, 3.05) is 20.1 Å². The number of aliphatic hydroxyl groups is 1. The van der Waals surface area contributed by atoms with Crippen LogP contribution >= 0.6 is 0 Å². The van der Waals surface area contributed by atoms with Crippen molar-refractivity contribution in [3.63, 3.8) is 0 Å². The highest BCUT2D eigenvalue weighted by Crippen LogP contribution is 2.26. The third kappa shape index (κ3) is 3.48. The van der Waals surface area contributed by atoms with Gasteiger partial charge in [-0.15, -0.1) is 0 Å². The number of aryl methyl sites for hydroxylation is 2. The molecule has 1 atom stereocenters. The predicted octanol–water partition coefficient (Wildman–Crippen LogP) is 1.15. The van der Waals surface area contributed by atoms with Crippen LogP contribution in [0.25, 0.3) is 0 Å². The Kier molecular flexibility index (Phi) is 5.08. The van der Waals surface area contributed by atoms with Gasteiger partial charge in [0.2, 0.25) is 10.0 Å². The molecule has 21 heavy (non-hydrogen) atoms. The maximum Gasteiger partial charge on any atom is 0.244 e. The van der Waals surface area contributed by atoms with Gasteiger partial charge < -0.3 is 14.4 Å². The third-order valence-corrected chi connectivity index (χ3v) is 5.80. The molecule has 0 bridgehead atoms. The highest BCUT2D eigenvalue weighted by molar-refractivity contribution is 7.89. The molecule has 1 aromatic heterocycles. The van der Waals surface area contributed by atoms with Crippen LogP contribution < -0.4 is 4.72 Å². The lowest BCUT2D eigenvalue weighted by atomic mass is 10.0. The van der Waals surface area contributed by atoms with E-state index in [2.05, 4.69) is 9.62 Å². The molecule has 0 spiro atoms. The van der Waals surface area contributed by atoms with E-state index in [1.807, 2.05) is 7.05 Å². The van der Waals surface area contributed by atoms with Crippen molar-refractivity contribution in [2.45, 2.75) is 50.7 Å². The van der Waals surface area contributed by atoms with E-state index in [9.17, 15) is 13.5 Å². The van der Waals surface area contributed by atoms with E-state index in [-0.39, 0.29) is 17.5 Å². The van der Waals surface area contributed by atoms with Gasteiger partial charge in [-0.25, -0.2) is 13.1 Å². The Labute approximate surface area is 126 Å². The molecule has 1 aliphatic heterocycles. The number of aliphatic hydroxyl groups excluding tert-OH is 1.